The van der Waals surface area contributed by atoms with Crippen LogP contribution in [0, 0.1) is 0 Å². The second-order valence-electron chi connectivity index (χ2n) is 2.52. The summed E-state index contributed by atoms with van der Waals surface area (Å²) in [6, 6.07) is 3.37. The van der Waals surface area contributed by atoms with Gasteiger partial charge in [0.15, 0.2) is 0 Å². The number of esters is 1. The summed E-state index contributed by atoms with van der Waals surface area (Å²) in [4.78, 5) is 20.5. The summed E-state index contributed by atoms with van der Waals surface area (Å²) < 4.78 is 9.86. The van der Waals surface area contributed by atoms with Gasteiger partial charge in [-0.2, -0.15) is 0 Å². The fourth-order valence-corrected chi connectivity index (χ4v) is 0.864. The van der Waals surface area contributed by atoms with E-state index in [1.165, 1.54) is 6.92 Å². The van der Waals surface area contributed by atoms with Gasteiger partial charge in [-0.05, 0) is 12.1 Å². The van der Waals surface area contributed by atoms with Crippen molar-refractivity contribution in [1.29, 1.82) is 0 Å². The molecule has 13 heavy (non-hydrogen) atoms. The van der Waals surface area contributed by atoms with Crippen LogP contribution in [-0.4, -0.2) is 12.3 Å². The van der Waals surface area contributed by atoms with Crippen molar-refractivity contribution in [1.82, 2.24) is 0 Å². The highest BCUT2D eigenvalue weighted by Gasteiger charge is 2.02. The van der Waals surface area contributed by atoms with Gasteiger partial charge in [0, 0.05) is 6.92 Å². The molecule has 0 aliphatic rings. The van der Waals surface area contributed by atoms with Crippen molar-refractivity contribution in [3.63, 3.8) is 0 Å². The third kappa shape index (κ3) is 3.11. The molecule has 1 aromatic heterocycles. The number of hydrogen-bond donors (Lipinski definition) is 0. The minimum absolute atomic E-state index is 0.119. The summed E-state index contributed by atoms with van der Waals surface area (Å²) in [6.07, 6.45) is 1.01. The van der Waals surface area contributed by atoms with Crippen LogP contribution in [0.25, 0.3) is 0 Å². The Bertz CT molecular complexity index is 300. The number of furan rings is 1. The van der Waals surface area contributed by atoms with Crippen molar-refractivity contribution in [3.8, 4) is 0 Å². The molecule has 0 unspecified atom stereocenters. The summed E-state index contributed by atoms with van der Waals surface area (Å²) in [5, 5.41) is 0. The zero-order chi connectivity index (χ0) is 9.68. The number of aldehydes is 1. The van der Waals surface area contributed by atoms with Crippen LogP contribution in [0.15, 0.2) is 16.5 Å². The van der Waals surface area contributed by atoms with Crippen molar-refractivity contribution in [2.45, 2.75) is 20.0 Å². The highest BCUT2D eigenvalue weighted by atomic mass is 16.5. The molecule has 0 saturated carbocycles. The normalized spacial score (nSPS) is 9.62. The predicted molar refractivity (Wildman–Crippen MR) is 43.9 cm³/mol. The van der Waals surface area contributed by atoms with Gasteiger partial charge in [0.05, 0.1) is 6.42 Å². The molecule has 4 heteroatoms. The molecule has 0 aromatic carbocycles. The van der Waals surface area contributed by atoms with Crippen molar-refractivity contribution >= 4 is 12.3 Å². The van der Waals surface area contributed by atoms with Gasteiger partial charge in [-0.1, -0.05) is 0 Å². The topological polar surface area (TPSA) is 56.5 Å². The van der Waals surface area contributed by atoms with Crippen LogP contribution in [0.3, 0.4) is 0 Å². The molecular formula is C9H10O4. The first kappa shape index (κ1) is 9.51. The Hall–Kier alpha value is -1.58. The first-order valence-electron chi connectivity index (χ1n) is 3.87. The number of hydrogen-bond acceptors (Lipinski definition) is 4. The average molecular weight is 182 g/mol. The molecule has 1 heterocycles. The lowest BCUT2D eigenvalue weighted by atomic mass is 10.3. The van der Waals surface area contributed by atoms with Crippen molar-refractivity contribution in [2.24, 2.45) is 0 Å². The van der Waals surface area contributed by atoms with E-state index in [2.05, 4.69) is 0 Å². The fourth-order valence-electron chi connectivity index (χ4n) is 0.864. The quantitative estimate of drug-likeness (QED) is 0.516. The third-order valence-electron chi connectivity index (χ3n) is 1.42. The summed E-state index contributed by atoms with van der Waals surface area (Å²) in [5.41, 5.74) is 0. The Morgan fingerprint density at radius 3 is 2.85 bits per heavy atom. The molecule has 0 atom stereocenters. The zero-order valence-electron chi connectivity index (χ0n) is 7.28. The van der Waals surface area contributed by atoms with E-state index in [1.54, 1.807) is 12.1 Å². The highest BCUT2D eigenvalue weighted by Crippen LogP contribution is 2.08. The molecule has 0 spiro atoms. The highest BCUT2D eigenvalue weighted by molar-refractivity contribution is 5.65. The largest absolute Gasteiger partial charge is 0.462 e. The van der Waals surface area contributed by atoms with Gasteiger partial charge in [0.2, 0.25) is 0 Å². The Balaban J connectivity index is 2.48. The van der Waals surface area contributed by atoms with Crippen LogP contribution >= 0.6 is 0 Å². The minimum Gasteiger partial charge on any atom is -0.462 e. The Labute approximate surface area is 75.5 Å². The molecule has 0 fully saturated rings. The molecule has 4 nitrogen and oxygen atoms in total. The van der Waals surface area contributed by atoms with E-state index in [4.69, 9.17) is 9.15 Å². The smallest absolute Gasteiger partial charge is 0.303 e. The summed E-state index contributed by atoms with van der Waals surface area (Å²) in [5.74, 6) is 0.775. The lowest BCUT2D eigenvalue weighted by Crippen LogP contribution is -1.97. The van der Waals surface area contributed by atoms with Crippen molar-refractivity contribution in [3.05, 3.63) is 23.7 Å². The van der Waals surface area contributed by atoms with E-state index in [0.717, 1.165) is 6.29 Å². The van der Waals surface area contributed by atoms with E-state index < -0.39 is 0 Å². The van der Waals surface area contributed by atoms with Crippen molar-refractivity contribution < 1.29 is 18.7 Å². The van der Waals surface area contributed by atoms with Gasteiger partial charge in [0.1, 0.15) is 24.4 Å². The molecule has 0 saturated heterocycles. The number of rotatable bonds is 4. The first-order valence-corrected chi connectivity index (χ1v) is 3.87. The number of carbonyl (C=O) groups is 2. The maximum atomic E-state index is 10.4. The summed E-state index contributed by atoms with van der Waals surface area (Å²) in [6.45, 7) is 1.45. The second kappa shape index (κ2) is 4.45. The molecule has 0 bridgehead atoms. The third-order valence-corrected chi connectivity index (χ3v) is 1.42. The Morgan fingerprint density at radius 2 is 2.23 bits per heavy atom. The number of carbonyl (C=O) groups excluding carboxylic acids is 2. The Kier molecular flexibility index (Phi) is 3.25. The molecule has 0 aliphatic carbocycles. The summed E-state index contributed by atoms with van der Waals surface area (Å²) >= 11 is 0. The molecule has 0 amide bonds. The maximum absolute atomic E-state index is 10.4. The molecule has 0 aliphatic heterocycles. The van der Waals surface area contributed by atoms with Gasteiger partial charge in [-0.3, -0.25) is 4.79 Å². The van der Waals surface area contributed by atoms with Gasteiger partial charge >= 0.3 is 5.97 Å². The molecule has 1 rings (SSSR count). The van der Waals surface area contributed by atoms with Crippen LogP contribution in [0.2, 0.25) is 0 Å². The van der Waals surface area contributed by atoms with E-state index in [9.17, 15) is 9.59 Å². The van der Waals surface area contributed by atoms with E-state index >= 15 is 0 Å². The van der Waals surface area contributed by atoms with Gasteiger partial charge in [-0.25, -0.2) is 0 Å². The van der Waals surface area contributed by atoms with Crippen LogP contribution in [0.1, 0.15) is 18.4 Å². The average Bonchev–Trinajstić information content (AvgIpc) is 2.50. The zero-order valence-corrected chi connectivity index (χ0v) is 7.28. The SMILES string of the molecule is CC(=O)OCc1ccc(CC=O)o1. The van der Waals surface area contributed by atoms with Crippen LogP contribution < -0.4 is 0 Å². The lowest BCUT2D eigenvalue weighted by molar-refractivity contribution is -0.142. The standard InChI is InChI=1S/C9H10O4/c1-7(11)12-6-9-3-2-8(13-9)4-5-10/h2-3,5H,4,6H2,1H3. The molecule has 70 valence electrons. The maximum Gasteiger partial charge on any atom is 0.303 e. The molecule has 1 aromatic rings. The van der Waals surface area contributed by atoms with Gasteiger partial charge in [0.25, 0.3) is 0 Å². The lowest BCUT2D eigenvalue weighted by Gasteiger charge is -1.96. The van der Waals surface area contributed by atoms with E-state index in [-0.39, 0.29) is 19.0 Å². The first-order chi connectivity index (χ1) is 6.22. The van der Waals surface area contributed by atoms with Gasteiger partial charge < -0.3 is 13.9 Å². The monoisotopic (exact) mass is 182 g/mol. The second-order valence-corrected chi connectivity index (χ2v) is 2.52. The summed E-state index contributed by atoms with van der Waals surface area (Å²) in [7, 11) is 0. The van der Waals surface area contributed by atoms with E-state index in [1.807, 2.05) is 0 Å². The van der Waals surface area contributed by atoms with Crippen LogP contribution in [0.4, 0.5) is 0 Å². The molecule has 0 N–H and O–H groups in total. The minimum atomic E-state index is -0.353. The fraction of sp³-hybridized carbons (Fsp3) is 0.333. The number of ether oxygens (including phenoxy) is 1. The van der Waals surface area contributed by atoms with Crippen LogP contribution in [0.5, 0.6) is 0 Å². The van der Waals surface area contributed by atoms with Gasteiger partial charge in [-0.15, -0.1) is 0 Å². The molecule has 0 radical (unpaired) electrons. The van der Waals surface area contributed by atoms with Crippen LogP contribution in [-0.2, 0) is 27.4 Å². The predicted octanol–water partition coefficient (Wildman–Crippen LogP) is 1.08. The Morgan fingerprint density at radius 1 is 1.54 bits per heavy atom. The van der Waals surface area contributed by atoms with E-state index in [0.29, 0.717) is 11.5 Å². The van der Waals surface area contributed by atoms with Crippen molar-refractivity contribution in [2.75, 3.05) is 0 Å². The molecular weight excluding hydrogens is 172 g/mol.